The molecule has 110 valence electrons. The normalized spacial score (nSPS) is 33.8. The Morgan fingerprint density at radius 1 is 1.26 bits per heavy atom. The zero-order chi connectivity index (χ0) is 14.1. The third kappa shape index (κ3) is 2.88. The van der Waals surface area contributed by atoms with E-state index in [1.54, 1.807) is 0 Å². The van der Waals surface area contributed by atoms with E-state index in [9.17, 15) is 4.79 Å². The lowest BCUT2D eigenvalue weighted by molar-refractivity contribution is 0.133. The highest BCUT2D eigenvalue weighted by Gasteiger charge is 2.56. The number of carbonyl (C=O) groups is 1. The van der Waals surface area contributed by atoms with Crippen molar-refractivity contribution in [3.05, 3.63) is 0 Å². The van der Waals surface area contributed by atoms with E-state index in [2.05, 4.69) is 33.0 Å². The average Bonchev–Trinajstić information content (AvgIpc) is 2.72. The van der Waals surface area contributed by atoms with Crippen LogP contribution in [0.5, 0.6) is 0 Å². The Morgan fingerprint density at radius 3 is 2.37 bits per heavy atom. The molecule has 2 saturated heterocycles. The monoisotopic (exact) mass is 268 g/mol. The number of nitrogens with zero attached hydrogens (tertiary/aromatic N) is 1. The van der Waals surface area contributed by atoms with Crippen LogP contribution in [0.2, 0.25) is 0 Å². The predicted molar refractivity (Wildman–Crippen MR) is 76.1 cm³/mol. The Bertz CT molecular complexity index is 327. The van der Waals surface area contributed by atoms with E-state index < -0.39 is 0 Å². The van der Waals surface area contributed by atoms with E-state index >= 15 is 0 Å². The van der Waals surface area contributed by atoms with Crippen LogP contribution in [0, 0.1) is 16.7 Å². The maximum Gasteiger partial charge on any atom is 0.317 e. The topological polar surface area (TPSA) is 41.6 Å². The molecule has 1 N–H and O–H groups in total. The van der Waals surface area contributed by atoms with Gasteiger partial charge in [0.05, 0.1) is 13.2 Å². The van der Waals surface area contributed by atoms with E-state index in [4.69, 9.17) is 4.74 Å². The maximum atomic E-state index is 12.2. The molecule has 0 spiro atoms. The average molecular weight is 268 g/mol. The lowest BCUT2D eigenvalue weighted by atomic mass is 9.71. The van der Waals surface area contributed by atoms with Gasteiger partial charge in [-0.15, -0.1) is 0 Å². The van der Waals surface area contributed by atoms with Gasteiger partial charge in [0.25, 0.3) is 0 Å². The minimum atomic E-state index is 0.0978. The fourth-order valence-electron chi connectivity index (χ4n) is 3.18. The van der Waals surface area contributed by atoms with Crippen molar-refractivity contribution in [3.63, 3.8) is 0 Å². The lowest BCUT2D eigenvalue weighted by Crippen LogP contribution is -2.40. The smallest absolute Gasteiger partial charge is 0.317 e. The summed E-state index contributed by atoms with van der Waals surface area (Å²) in [6.45, 7) is 12.9. The van der Waals surface area contributed by atoms with Gasteiger partial charge in [-0.1, -0.05) is 27.7 Å². The number of carbonyl (C=O) groups excluding carboxylic acids is 1. The first-order valence-electron chi connectivity index (χ1n) is 7.47. The zero-order valence-corrected chi connectivity index (χ0v) is 12.8. The van der Waals surface area contributed by atoms with E-state index in [1.165, 1.54) is 6.42 Å². The summed E-state index contributed by atoms with van der Waals surface area (Å²) in [5.41, 5.74) is 0.255. The number of ether oxygens (including phenoxy) is 1. The van der Waals surface area contributed by atoms with Crippen LogP contribution in [-0.2, 0) is 4.74 Å². The summed E-state index contributed by atoms with van der Waals surface area (Å²) in [4.78, 5) is 14.1. The van der Waals surface area contributed by atoms with Gasteiger partial charge in [0.1, 0.15) is 0 Å². The van der Waals surface area contributed by atoms with Crippen molar-refractivity contribution < 1.29 is 9.53 Å². The molecule has 2 fully saturated rings. The summed E-state index contributed by atoms with van der Waals surface area (Å²) in [5.74, 6) is 0.706. The van der Waals surface area contributed by atoms with Crippen molar-refractivity contribution in [2.75, 3.05) is 32.8 Å². The van der Waals surface area contributed by atoms with Gasteiger partial charge >= 0.3 is 6.03 Å². The number of fused-ring (bicyclic) bond motifs is 1. The lowest BCUT2D eigenvalue weighted by Gasteiger charge is -2.29. The molecule has 2 atom stereocenters. The second kappa shape index (κ2) is 5.31. The van der Waals surface area contributed by atoms with E-state index in [0.29, 0.717) is 5.92 Å². The van der Waals surface area contributed by atoms with Gasteiger partial charge in [0.2, 0.25) is 0 Å². The number of likely N-dealkylation sites (tertiary alicyclic amines) is 1. The van der Waals surface area contributed by atoms with Crippen LogP contribution in [0.1, 0.15) is 40.5 Å². The van der Waals surface area contributed by atoms with Crippen LogP contribution in [0.3, 0.4) is 0 Å². The molecule has 2 unspecified atom stereocenters. The van der Waals surface area contributed by atoms with Crippen molar-refractivity contribution in [1.29, 1.82) is 0 Å². The number of nitrogens with one attached hydrogen (secondary N) is 1. The fourth-order valence-corrected chi connectivity index (χ4v) is 3.18. The molecule has 19 heavy (non-hydrogen) atoms. The summed E-state index contributed by atoms with van der Waals surface area (Å²) in [5, 5.41) is 3.05. The first-order chi connectivity index (χ1) is 8.86. The van der Waals surface area contributed by atoms with Crippen molar-refractivity contribution in [1.82, 2.24) is 10.2 Å². The number of hydrogen-bond donors (Lipinski definition) is 1. The Kier molecular flexibility index (Phi) is 4.09. The van der Waals surface area contributed by atoms with Crippen molar-refractivity contribution in [2.24, 2.45) is 16.7 Å². The van der Waals surface area contributed by atoms with Gasteiger partial charge in [0, 0.05) is 30.5 Å². The van der Waals surface area contributed by atoms with Gasteiger partial charge in [-0.3, -0.25) is 0 Å². The number of hydrogen-bond acceptors (Lipinski definition) is 2. The zero-order valence-electron chi connectivity index (χ0n) is 12.8. The molecule has 0 aromatic heterocycles. The summed E-state index contributed by atoms with van der Waals surface area (Å²) >= 11 is 0. The highest BCUT2D eigenvalue weighted by molar-refractivity contribution is 5.74. The molecule has 0 aliphatic carbocycles. The number of amides is 2. The highest BCUT2D eigenvalue weighted by atomic mass is 16.5. The quantitative estimate of drug-likeness (QED) is 0.796. The second-order valence-electron chi connectivity index (χ2n) is 7.24. The van der Waals surface area contributed by atoms with Crippen LogP contribution in [0.4, 0.5) is 4.79 Å². The highest BCUT2D eigenvalue weighted by Crippen LogP contribution is 2.50. The van der Waals surface area contributed by atoms with E-state index in [0.717, 1.165) is 39.3 Å². The summed E-state index contributed by atoms with van der Waals surface area (Å²) < 4.78 is 5.61. The van der Waals surface area contributed by atoms with Crippen LogP contribution in [0.25, 0.3) is 0 Å². The Balaban J connectivity index is 1.79. The predicted octanol–water partition coefficient (Wildman–Crippen LogP) is 2.49. The minimum absolute atomic E-state index is 0.0978. The van der Waals surface area contributed by atoms with Gasteiger partial charge in [0.15, 0.2) is 0 Å². The van der Waals surface area contributed by atoms with Gasteiger partial charge in [-0.05, 0) is 18.8 Å². The largest absolute Gasteiger partial charge is 0.380 e. The summed E-state index contributed by atoms with van der Waals surface area (Å²) in [6, 6.07) is 0.0978. The Hall–Kier alpha value is -0.770. The number of rotatable bonds is 4. The molecule has 0 saturated carbocycles. The molecule has 0 aromatic rings. The van der Waals surface area contributed by atoms with Crippen LogP contribution >= 0.6 is 0 Å². The molecule has 4 nitrogen and oxygen atoms in total. The summed E-state index contributed by atoms with van der Waals surface area (Å²) in [6.07, 6.45) is 2.23. The molecule has 2 heterocycles. The van der Waals surface area contributed by atoms with Crippen molar-refractivity contribution in [3.8, 4) is 0 Å². The van der Waals surface area contributed by atoms with E-state index in [1.807, 2.05) is 4.90 Å². The fraction of sp³-hybridized carbons (Fsp3) is 0.933. The third-order valence-corrected chi connectivity index (χ3v) is 4.90. The molecule has 2 aliphatic rings. The third-order valence-electron chi connectivity index (χ3n) is 4.90. The first kappa shape index (κ1) is 14.6. The molecule has 2 amide bonds. The molecule has 2 rings (SSSR count). The maximum absolute atomic E-state index is 12.2. The molecule has 0 bridgehead atoms. The van der Waals surface area contributed by atoms with E-state index in [-0.39, 0.29) is 16.9 Å². The van der Waals surface area contributed by atoms with Crippen LogP contribution < -0.4 is 5.32 Å². The molecule has 4 heteroatoms. The first-order valence-corrected chi connectivity index (χ1v) is 7.47. The molecular formula is C15H28N2O2. The second-order valence-corrected chi connectivity index (χ2v) is 7.24. The SMILES string of the molecule is CC(C)CCCNC(=O)N1CC2(C)COCC2(C)C1. The minimum Gasteiger partial charge on any atom is -0.380 e. The van der Waals surface area contributed by atoms with Crippen LogP contribution in [0.15, 0.2) is 0 Å². The van der Waals surface area contributed by atoms with Gasteiger partial charge < -0.3 is 15.0 Å². The van der Waals surface area contributed by atoms with Gasteiger partial charge in [-0.25, -0.2) is 4.79 Å². The van der Waals surface area contributed by atoms with Crippen molar-refractivity contribution >= 4 is 6.03 Å². The standard InChI is InChI=1S/C15H28N2O2/c1-12(2)6-5-7-16-13(18)17-8-14(3)10-19-11-15(14,4)9-17/h12H,5-11H2,1-4H3,(H,16,18). The molecule has 0 radical (unpaired) electrons. The Labute approximate surface area is 116 Å². The van der Waals surface area contributed by atoms with Gasteiger partial charge in [-0.2, -0.15) is 0 Å². The van der Waals surface area contributed by atoms with Crippen LogP contribution in [-0.4, -0.2) is 43.8 Å². The molecule has 0 aromatic carbocycles. The number of urea groups is 1. The molecule has 2 aliphatic heterocycles. The summed E-state index contributed by atoms with van der Waals surface area (Å²) in [7, 11) is 0. The van der Waals surface area contributed by atoms with Crippen molar-refractivity contribution in [2.45, 2.75) is 40.5 Å². The molecular weight excluding hydrogens is 240 g/mol. The Morgan fingerprint density at radius 2 is 1.84 bits per heavy atom.